The third-order valence-electron chi connectivity index (χ3n) is 3.73. The lowest BCUT2D eigenvalue weighted by molar-refractivity contribution is 0.102. The number of amides is 1. The summed E-state index contributed by atoms with van der Waals surface area (Å²) in [4.78, 5) is 13.4. The van der Waals surface area contributed by atoms with Crippen LogP contribution in [0.15, 0.2) is 42.5 Å². The summed E-state index contributed by atoms with van der Waals surface area (Å²) in [6.07, 6.45) is 0. The van der Waals surface area contributed by atoms with E-state index < -0.39 is 0 Å². The van der Waals surface area contributed by atoms with Crippen molar-refractivity contribution < 1.29 is 4.79 Å². The van der Waals surface area contributed by atoms with Gasteiger partial charge in [0.1, 0.15) is 5.01 Å². The maximum atomic E-state index is 12.7. The topological polar surface area (TPSA) is 72.2 Å². The lowest BCUT2D eigenvalue weighted by Gasteiger charge is -2.10. The molecule has 0 aliphatic heterocycles. The minimum Gasteiger partial charge on any atom is -0.321 e. The molecule has 0 aliphatic rings. The molecule has 0 aliphatic carbocycles. The second kappa shape index (κ2) is 6.93. The van der Waals surface area contributed by atoms with Gasteiger partial charge in [-0.3, -0.25) is 4.79 Å². The zero-order valence-electron chi connectivity index (χ0n) is 13.4. The SMILES string of the molecule is Cc1nnc2sc(-c3ccccc3NC(=O)c3cc(I)ccc3Cl)nn12. The third-order valence-corrected chi connectivity index (χ3v) is 5.66. The molecule has 0 atom stereocenters. The van der Waals surface area contributed by atoms with Crippen LogP contribution >= 0.6 is 45.5 Å². The number of benzene rings is 2. The molecule has 0 unspecified atom stereocenters. The number of aryl methyl sites for hydroxylation is 1. The minimum absolute atomic E-state index is 0.264. The number of para-hydroxylation sites is 1. The lowest BCUT2D eigenvalue weighted by Crippen LogP contribution is -2.13. The molecule has 2 aromatic heterocycles. The van der Waals surface area contributed by atoms with Crippen molar-refractivity contribution in [2.24, 2.45) is 0 Å². The van der Waals surface area contributed by atoms with Crippen LogP contribution in [0.2, 0.25) is 5.02 Å². The lowest BCUT2D eigenvalue weighted by atomic mass is 10.1. The molecule has 26 heavy (non-hydrogen) atoms. The Kier molecular flexibility index (Phi) is 4.63. The van der Waals surface area contributed by atoms with Gasteiger partial charge in [-0.2, -0.15) is 9.61 Å². The highest BCUT2D eigenvalue weighted by atomic mass is 127. The molecule has 2 aromatic carbocycles. The van der Waals surface area contributed by atoms with E-state index in [2.05, 4.69) is 43.2 Å². The molecule has 9 heteroatoms. The van der Waals surface area contributed by atoms with Gasteiger partial charge in [0.2, 0.25) is 4.96 Å². The van der Waals surface area contributed by atoms with Crippen LogP contribution in [0.4, 0.5) is 5.69 Å². The Balaban J connectivity index is 1.71. The van der Waals surface area contributed by atoms with Crippen LogP contribution < -0.4 is 5.32 Å². The zero-order chi connectivity index (χ0) is 18.3. The Morgan fingerprint density at radius 1 is 1.23 bits per heavy atom. The van der Waals surface area contributed by atoms with Crippen molar-refractivity contribution in [2.45, 2.75) is 6.92 Å². The van der Waals surface area contributed by atoms with Gasteiger partial charge in [0.25, 0.3) is 5.91 Å². The van der Waals surface area contributed by atoms with E-state index in [9.17, 15) is 4.79 Å². The summed E-state index contributed by atoms with van der Waals surface area (Å²) < 4.78 is 2.63. The van der Waals surface area contributed by atoms with Gasteiger partial charge < -0.3 is 5.32 Å². The predicted octanol–water partition coefficient (Wildman–Crippen LogP) is 4.67. The fourth-order valence-corrected chi connectivity index (χ4v) is 4.08. The van der Waals surface area contributed by atoms with Crippen molar-refractivity contribution in [1.29, 1.82) is 0 Å². The largest absolute Gasteiger partial charge is 0.321 e. The van der Waals surface area contributed by atoms with Gasteiger partial charge in [-0.25, -0.2) is 0 Å². The first-order chi connectivity index (χ1) is 12.5. The maximum Gasteiger partial charge on any atom is 0.257 e. The normalized spacial score (nSPS) is 11.0. The van der Waals surface area contributed by atoms with Crippen molar-refractivity contribution in [3.63, 3.8) is 0 Å². The van der Waals surface area contributed by atoms with E-state index in [4.69, 9.17) is 11.6 Å². The van der Waals surface area contributed by atoms with Crippen LogP contribution in [0.1, 0.15) is 16.2 Å². The van der Waals surface area contributed by atoms with E-state index in [-0.39, 0.29) is 5.91 Å². The number of aromatic nitrogens is 4. The van der Waals surface area contributed by atoms with Crippen LogP contribution in [0, 0.1) is 10.5 Å². The second-order valence-electron chi connectivity index (χ2n) is 5.47. The molecule has 6 nitrogen and oxygen atoms in total. The fraction of sp³-hybridized carbons (Fsp3) is 0.0588. The molecule has 0 spiro atoms. The first-order valence-corrected chi connectivity index (χ1v) is 9.85. The summed E-state index contributed by atoms with van der Waals surface area (Å²) in [5.74, 6) is 0.454. The number of hydrogen-bond acceptors (Lipinski definition) is 5. The van der Waals surface area contributed by atoms with Crippen molar-refractivity contribution in [3.05, 3.63) is 62.4 Å². The first-order valence-electron chi connectivity index (χ1n) is 7.57. The Morgan fingerprint density at radius 3 is 2.85 bits per heavy atom. The van der Waals surface area contributed by atoms with Gasteiger partial charge in [-0.15, -0.1) is 10.2 Å². The molecule has 0 bridgehead atoms. The molecule has 0 radical (unpaired) electrons. The summed E-state index contributed by atoms with van der Waals surface area (Å²) in [6.45, 7) is 1.84. The van der Waals surface area contributed by atoms with E-state index in [0.29, 0.717) is 21.2 Å². The van der Waals surface area contributed by atoms with Crippen LogP contribution in [-0.2, 0) is 0 Å². The highest BCUT2D eigenvalue weighted by Crippen LogP contribution is 2.32. The first kappa shape index (κ1) is 17.4. The number of nitrogens with one attached hydrogen (secondary N) is 1. The van der Waals surface area contributed by atoms with E-state index in [1.165, 1.54) is 11.3 Å². The number of hydrogen-bond donors (Lipinski definition) is 1. The molecule has 1 amide bonds. The number of fused-ring (bicyclic) bond motifs is 1. The molecule has 1 N–H and O–H groups in total. The van der Waals surface area contributed by atoms with Crippen molar-refractivity contribution >= 4 is 62.1 Å². The molecule has 2 heterocycles. The molecule has 0 saturated carbocycles. The average Bonchev–Trinajstić information content (AvgIpc) is 3.20. The summed E-state index contributed by atoms with van der Waals surface area (Å²) in [7, 11) is 0. The van der Waals surface area contributed by atoms with Crippen LogP contribution in [0.25, 0.3) is 15.5 Å². The van der Waals surface area contributed by atoms with Crippen LogP contribution in [0.5, 0.6) is 0 Å². The summed E-state index contributed by atoms with van der Waals surface area (Å²) in [5.41, 5.74) is 1.91. The van der Waals surface area contributed by atoms with Gasteiger partial charge in [-0.05, 0) is 59.8 Å². The van der Waals surface area contributed by atoms with Gasteiger partial charge in [-0.1, -0.05) is 35.1 Å². The number of halogens is 2. The third kappa shape index (κ3) is 3.19. The molecular formula is C17H11ClIN5OS. The van der Waals surface area contributed by atoms with E-state index in [1.807, 2.05) is 37.3 Å². The zero-order valence-corrected chi connectivity index (χ0v) is 17.1. The van der Waals surface area contributed by atoms with Crippen molar-refractivity contribution in [1.82, 2.24) is 19.8 Å². The number of carbonyl (C=O) groups is 1. The Hall–Kier alpha value is -2.04. The standard InChI is InChI=1S/C17H11ClIN5OS/c1-9-21-22-17-24(9)23-16(26-17)11-4-2-3-5-14(11)20-15(25)12-8-10(19)6-7-13(12)18/h2-8H,1H3,(H,20,25). The highest BCUT2D eigenvalue weighted by molar-refractivity contribution is 14.1. The smallest absolute Gasteiger partial charge is 0.257 e. The molecular weight excluding hydrogens is 485 g/mol. The molecule has 0 saturated heterocycles. The van der Waals surface area contributed by atoms with E-state index in [0.717, 1.165) is 20.0 Å². The second-order valence-corrected chi connectivity index (χ2v) is 8.08. The molecule has 4 rings (SSSR count). The fourth-order valence-electron chi connectivity index (χ4n) is 2.46. The Labute approximate surface area is 171 Å². The number of carbonyl (C=O) groups excluding carboxylic acids is 1. The summed E-state index contributed by atoms with van der Waals surface area (Å²) in [5, 5.41) is 16.7. The number of anilines is 1. The van der Waals surface area contributed by atoms with Gasteiger partial charge in [0.15, 0.2) is 5.82 Å². The maximum absolute atomic E-state index is 12.7. The van der Waals surface area contributed by atoms with Crippen molar-refractivity contribution in [2.75, 3.05) is 5.32 Å². The molecule has 4 aromatic rings. The van der Waals surface area contributed by atoms with E-state index in [1.54, 1.807) is 16.6 Å². The molecule has 130 valence electrons. The quantitative estimate of drug-likeness (QED) is 0.419. The summed E-state index contributed by atoms with van der Waals surface area (Å²) in [6, 6.07) is 12.8. The number of rotatable bonds is 3. The van der Waals surface area contributed by atoms with E-state index >= 15 is 0 Å². The van der Waals surface area contributed by atoms with Crippen LogP contribution in [-0.4, -0.2) is 25.7 Å². The Bertz CT molecular complexity index is 1140. The van der Waals surface area contributed by atoms with Crippen molar-refractivity contribution in [3.8, 4) is 10.6 Å². The van der Waals surface area contributed by atoms with Gasteiger partial charge in [0.05, 0.1) is 16.3 Å². The average molecular weight is 496 g/mol. The van der Waals surface area contributed by atoms with Crippen LogP contribution in [0.3, 0.4) is 0 Å². The monoisotopic (exact) mass is 495 g/mol. The Morgan fingerprint density at radius 2 is 2.04 bits per heavy atom. The summed E-state index contributed by atoms with van der Waals surface area (Å²) >= 11 is 9.74. The predicted molar refractivity (Wildman–Crippen MR) is 111 cm³/mol. The number of nitrogens with zero attached hydrogens (tertiary/aromatic N) is 4. The highest BCUT2D eigenvalue weighted by Gasteiger charge is 2.17. The van der Waals surface area contributed by atoms with Gasteiger partial charge in [0, 0.05) is 9.13 Å². The molecule has 0 fully saturated rings. The van der Waals surface area contributed by atoms with Gasteiger partial charge >= 0.3 is 0 Å². The minimum atomic E-state index is -0.264.